The van der Waals surface area contributed by atoms with Gasteiger partial charge in [-0.3, -0.25) is 0 Å². The number of ether oxygens (including phenoxy) is 1. The van der Waals surface area contributed by atoms with Crippen LogP contribution in [0.25, 0.3) is 0 Å². The summed E-state index contributed by atoms with van der Waals surface area (Å²) >= 11 is 0. The SMILES string of the molecule is CC(C)OCCS(=O)(=O)N(C)Cc1ccc(F)c(F)c1. The molecule has 0 aliphatic carbocycles. The second-order valence-electron chi connectivity index (χ2n) is 4.74. The van der Waals surface area contributed by atoms with Crippen LogP contribution in [0.5, 0.6) is 0 Å². The van der Waals surface area contributed by atoms with Crippen molar-refractivity contribution in [3.8, 4) is 0 Å². The predicted molar refractivity (Wildman–Crippen MR) is 72.7 cm³/mol. The normalized spacial score (nSPS) is 12.3. The summed E-state index contributed by atoms with van der Waals surface area (Å²) in [6, 6.07) is 3.33. The van der Waals surface area contributed by atoms with Gasteiger partial charge >= 0.3 is 0 Å². The molecule has 0 heterocycles. The van der Waals surface area contributed by atoms with Crippen molar-refractivity contribution in [2.75, 3.05) is 19.4 Å². The Morgan fingerprint density at radius 2 is 1.90 bits per heavy atom. The molecule has 0 fully saturated rings. The summed E-state index contributed by atoms with van der Waals surface area (Å²) in [4.78, 5) is 0. The van der Waals surface area contributed by atoms with Crippen LogP contribution in [0.15, 0.2) is 18.2 Å². The molecule has 7 heteroatoms. The van der Waals surface area contributed by atoms with Gasteiger partial charge in [-0.05, 0) is 31.5 Å². The molecule has 0 N–H and O–H groups in total. The van der Waals surface area contributed by atoms with Crippen LogP contribution in [0.3, 0.4) is 0 Å². The molecule has 0 radical (unpaired) electrons. The number of benzene rings is 1. The first-order valence-corrected chi connectivity index (χ1v) is 7.83. The van der Waals surface area contributed by atoms with Gasteiger partial charge in [0.15, 0.2) is 11.6 Å². The Bertz CT molecular complexity index is 547. The highest BCUT2D eigenvalue weighted by Gasteiger charge is 2.18. The van der Waals surface area contributed by atoms with Gasteiger partial charge in [0.25, 0.3) is 0 Å². The first-order chi connectivity index (χ1) is 9.22. The smallest absolute Gasteiger partial charge is 0.216 e. The summed E-state index contributed by atoms with van der Waals surface area (Å²) in [6.45, 7) is 3.72. The summed E-state index contributed by atoms with van der Waals surface area (Å²) in [5.41, 5.74) is 0.389. The van der Waals surface area contributed by atoms with Gasteiger partial charge in [-0.2, -0.15) is 0 Å². The zero-order chi connectivity index (χ0) is 15.3. The van der Waals surface area contributed by atoms with E-state index in [4.69, 9.17) is 4.74 Å². The second-order valence-corrected chi connectivity index (χ2v) is 6.94. The lowest BCUT2D eigenvalue weighted by molar-refractivity contribution is 0.0907. The minimum atomic E-state index is -3.48. The third kappa shape index (κ3) is 5.15. The molecule has 0 atom stereocenters. The van der Waals surface area contributed by atoms with Gasteiger partial charge in [-0.1, -0.05) is 6.07 Å². The number of halogens is 2. The number of hydrogen-bond acceptors (Lipinski definition) is 3. The lowest BCUT2D eigenvalue weighted by Gasteiger charge is -2.18. The van der Waals surface area contributed by atoms with E-state index in [0.29, 0.717) is 5.56 Å². The largest absolute Gasteiger partial charge is 0.378 e. The highest BCUT2D eigenvalue weighted by Crippen LogP contribution is 2.12. The maximum atomic E-state index is 13.1. The van der Waals surface area contributed by atoms with Crippen LogP contribution in [0.4, 0.5) is 8.78 Å². The fourth-order valence-corrected chi connectivity index (χ4v) is 2.50. The molecular weight excluding hydrogens is 288 g/mol. The first-order valence-electron chi connectivity index (χ1n) is 6.22. The minimum Gasteiger partial charge on any atom is -0.378 e. The van der Waals surface area contributed by atoms with Crippen LogP contribution in [0.1, 0.15) is 19.4 Å². The highest BCUT2D eigenvalue weighted by molar-refractivity contribution is 7.89. The number of rotatable bonds is 7. The Morgan fingerprint density at radius 3 is 2.45 bits per heavy atom. The van der Waals surface area contributed by atoms with Gasteiger partial charge in [0.05, 0.1) is 18.5 Å². The molecule has 0 amide bonds. The van der Waals surface area contributed by atoms with Gasteiger partial charge in [0, 0.05) is 13.6 Å². The molecule has 0 saturated carbocycles. The second kappa shape index (κ2) is 7.10. The molecule has 1 aromatic rings. The highest BCUT2D eigenvalue weighted by atomic mass is 32.2. The van der Waals surface area contributed by atoms with Crippen LogP contribution >= 0.6 is 0 Å². The van der Waals surface area contributed by atoms with E-state index in [1.54, 1.807) is 0 Å². The summed E-state index contributed by atoms with van der Waals surface area (Å²) in [7, 11) is -2.09. The Balaban J connectivity index is 2.64. The summed E-state index contributed by atoms with van der Waals surface area (Å²) < 4.78 is 56.0. The number of nitrogens with zero attached hydrogens (tertiary/aromatic N) is 1. The van der Waals surface area contributed by atoms with Gasteiger partial charge in [-0.15, -0.1) is 0 Å². The molecular formula is C13H19F2NO3S. The van der Waals surface area contributed by atoms with Crippen molar-refractivity contribution in [2.24, 2.45) is 0 Å². The molecule has 0 unspecified atom stereocenters. The first kappa shape index (κ1) is 17.0. The van der Waals surface area contributed by atoms with E-state index in [2.05, 4.69) is 0 Å². The van der Waals surface area contributed by atoms with Crippen LogP contribution in [-0.4, -0.2) is 38.2 Å². The molecule has 0 aliphatic rings. The summed E-state index contributed by atoms with van der Waals surface area (Å²) in [5.74, 6) is -2.09. The summed E-state index contributed by atoms with van der Waals surface area (Å²) in [5, 5.41) is 0. The van der Waals surface area contributed by atoms with Crippen molar-refractivity contribution in [1.29, 1.82) is 0 Å². The zero-order valence-corrected chi connectivity index (χ0v) is 12.6. The van der Waals surface area contributed by atoms with Crippen molar-refractivity contribution >= 4 is 10.0 Å². The fraction of sp³-hybridized carbons (Fsp3) is 0.538. The van der Waals surface area contributed by atoms with E-state index in [1.807, 2.05) is 13.8 Å². The van der Waals surface area contributed by atoms with E-state index in [0.717, 1.165) is 16.4 Å². The van der Waals surface area contributed by atoms with Crippen molar-refractivity contribution in [3.05, 3.63) is 35.4 Å². The van der Waals surface area contributed by atoms with E-state index >= 15 is 0 Å². The third-order valence-corrected chi connectivity index (χ3v) is 4.42. The van der Waals surface area contributed by atoms with E-state index in [-0.39, 0.29) is 25.0 Å². The Labute approximate surface area is 118 Å². The third-order valence-electron chi connectivity index (χ3n) is 2.66. The maximum Gasteiger partial charge on any atom is 0.216 e. The van der Waals surface area contributed by atoms with Gasteiger partial charge in [0.1, 0.15) is 0 Å². The fourth-order valence-electron chi connectivity index (χ4n) is 1.54. The standard InChI is InChI=1S/C13H19F2NO3S/c1-10(2)19-6-7-20(17,18)16(3)9-11-4-5-12(14)13(15)8-11/h4-5,8,10H,6-7,9H2,1-3H3. The molecule has 0 aliphatic heterocycles. The lowest BCUT2D eigenvalue weighted by atomic mass is 10.2. The minimum absolute atomic E-state index is 0.0127. The molecule has 0 saturated heterocycles. The van der Waals surface area contributed by atoms with Gasteiger partial charge in [0.2, 0.25) is 10.0 Å². The van der Waals surface area contributed by atoms with Crippen LogP contribution in [-0.2, 0) is 21.3 Å². The molecule has 1 aromatic carbocycles. The zero-order valence-electron chi connectivity index (χ0n) is 11.8. The molecule has 0 spiro atoms. The van der Waals surface area contributed by atoms with Crippen molar-refractivity contribution in [2.45, 2.75) is 26.5 Å². The molecule has 0 bridgehead atoms. The van der Waals surface area contributed by atoms with Crippen LogP contribution in [0.2, 0.25) is 0 Å². The number of sulfonamides is 1. The van der Waals surface area contributed by atoms with E-state index in [1.165, 1.54) is 13.1 Å². The van der Waals surface area contributed by atoms with E-state index < -0.39 is 21.7 Å². The topological polar surface area (TPSA) is 46.6 Å². The molecule has 4 nitrogen and oxygen atoms in total. The van der Waals surface area contributed by atoms with Crippen molar-refractivity contribution < 1.29 is 21.9 Å². The monoisotopic (exact) mass is 307 g/mol. The van der Waals surface area contributed by atoms with Gasteiger partial charge in [-0.25, -0.2) is 21.5 Å². The van der Waals surface area contributed by atoms with Gasteiger partial charge < -0.3 is 4.74 Å². The van der Waals surface area contributed by atoms with Crippen molar-refractivity contribution in [3.63, 3.8) is 0 Å². The Hall–Kier alpha value is -1.05. The molecule has 0 aromatic heterocycles. The van der Waals surface area contributed by atoms with E-state index in [9.17, 15) is 17.2 Å². The number of hydrogen-bond donors (Lipinski definition) is 0. The molecule has 114 valence electrons. The van der Waals surface area contributed by atoms with Crippen LogP contribution in [0, 0.1) is 11.6 Å². The predicted octanol–water partition coefficient (Wildman–Crippen LogP) is 2.15. The average molecular weight is 307 g/mol. The lowest BCUT2D eigenvalue weighted by Crippen LogP contribution is -2.31. The van der Waals surface area contributed by atoms with Crippen molar-refractivity contribution in [1.82, 2.24) is 4.31 Å². The maximum absolute atomic E-state index is 13.1. The van der Waals surface area contributed by atoms with Crippen LogP contribution < -0.4 is 0 Å². The Morgan fingerprint density at radius 1 is 1.25 bits per heavy atom. The Kier molecular flexibility index (Phi) is 6.04. The quantitative estimate of drug-likeness (QED) is 0.775. The average Bonchev–Trinajstić information content (AvgIpc) is 2.33. The molecule has 20 heavy (non-hydrogen) atoms. The molecule has 1 rings (SSSR count). The summed E-state index contributed by atoms with van der Waals surface area (Å²) in [6.07, 6.45) is -0.0401.